The summed E-state index contributed by atoms with van der Waals surface area (Å²) < 4.78 is 0. The van der Waals surface area contributed by atoms with Crippen LogP contribution in [0.2, 0.25) is 0 Å². The second kappa shape index (κ2) is 3.66. The molecule has 1 saturated heterocycles. The van der Waals surface area contributed by atoms with Crippen LogP contribution in [0.3, 0.4) is 0 Å². The van der Waals surface area contributed by atoms with Crippen LogP contribution in [0.25, 0.3) is 0 Å². The van der Waals surface area contributed by atoms with Gasteiger partial charge in [0.1, 0.15) is 0 Å². The van der Waals surface area contributed by atoms with Crippen molar-refractivity contribution in [2.45, 2.75) is 25.3 Å². The van der Waals surface area contributed by atoms with E-state index in [4.69, 9.17) is 11.6 Å². The van der Waals surface area contributed by atoms with E-state index in [0.717, 1.165) is 13.1 Å². The van der Waals surface area contributed by atoms with E-state index in [9.17, 15) is 0 Å². The van der Waals surface area contributed by atoms with Crippen LogP contribution in [-0.4, -0.2) is 23.5 Å². The second-order valence-electron chi connectivity index (χ2n) is 3.64. The van der Waals surface area contributed by atoms with Crippen molar-refractivity contribution in [3.05, 3.63) is 11.9 Å². The maximum atomic E-state index is 6.01. The Morgan fingerprint density at radius 2 is 2.15 bits per heavy atom. The summed E-state index contributed by atoms with van der Waals surface area (Å²) in [6, 6.07) is 0. The van der Waals surface area contributed by atoms with Gasteiger partial charge in [0.15, 0.2) is 5.50 Å². The SMILES string of the molecule is CC1C(N2CCCC2)=CN=NC1Cl. The Kier molecular flexibility index (Phi) is 2.54. The van der Waals surface area contributed by atoms with Crippen molar-refractivity contribution in [1.29, 1.82) is 0 Å². The molecule has 2 atom stereocenters. The molecule has 2 aliphatic heterocycles. The molecule has 0 aliphatic carbocycles. The average molecular weight is 200 g/mol. The Hall–Kier alpha value is -0.570. The number of rotatable bonds is 1. The highest BCUT2D eigenvalue weighted by Gasteiger charge is 2.26. The molecule has 2 heterocycles. The number of likely N-dealkylation sites (tertiary alicyclic amines) is 1. The third-order valence-corrected chi connectivity index (χ3v) is 3.18. The molecule has 0 amide bonds. The minimum atomic E-state index is -0.180. The van der Waals surface area contributed by atoms with Gasteiger partial charge in [0, 0.05) is 24.7 Å². The Morgan fingerprint density at radius 3 is 2.85 bits per heavy atom. The first-order valence-electron chi connectivity index (χ1n) is 4.78. The van der Waals surface area contributed by atoms with Gasteiger partial charge in [-0.05, 0) is 12.8 Å². The van der Waals surface area contributed by atoms with Crippen molar-refractivity contribution in [1.82, 2.24) is 4.90 Å². The number of hydrogen-bond donors (Lipinski definition) is 0. The summed E-state index contributed by atoms with van der Waals surface area (Å²) in [6.07, 6.45) is 4.43. The summed E-state index contributed by atoms with van der Waals surface area (Å²) in [5, 5.41) is 7.84. The Morgan fingerprint density at radius 1 is 1.46 bits per heavy atom. The van der Waals surface area contributed by atoms with Gasteiger partial charge in [0.25, 0.3) is 0 Å². The average Bonchev–Trinajstić information content (AvgIpc) is 2.62. The summed E-state index contributed by atoms with van der Waals surface area (Å²) in [6.45, 7) is 4.41. The summed E-state index contributed by atoms with van der Waals surface area (Å²) in [5.41, 5.74) is 1.08. The van der Waals surface area contributed by atoms with Crippen LogP contribution in [-0.2, 0) is 0 Å². The largest absolute Gasteiger partial charge is 0.373 e. The summed E-state index contributed by atoms with van der Waals surface area (Å²) >= 11 is 6.01. The molecule has 72 valence electrons. The first kappa shape index (κ1) is 9.00. The highest BCUT2D eigenvalue weighted by molar-refractivity contribution is 6.20. The van der Waals surface area contributed by atoms with Crippen molar-refractivity contribution in [2.75, 3.05) is 13.1 Å². The van der Waals surface area contributed by atoms with E-state index in [1.165, 1.54) is 18.5 Å². The first-order valence-corrected chi connectivity index (χ1v) is 5.22. The molecular weight excluding hydrogens is 186 g/mol. The maximum absolute atomic E-state index is 6.01. The normalized spacial score (nSPS) is 33.7. The zero-order chi connectivity index (χ0) is 9.26. The molecule has 1 fully saturated rings. The molecule has 0 radical (unpaired) electrons. The topological polar surface area (TPSA) is 28.0 Å². The number of hydrogen-bond acceptors (Lipinski definition) is 3. The highest BCUT2D eigenvalue weighted by Crippen LogP contribution is 2.29. The zero-order valence-electron chi connectivity index (χ0n) is 7.78. The molecule has 0 aromatic carbocycles. The quantitative estimate of drug-likeness (QED) is 0.471. The minimum absolute atomic E-state index is 0.180. The van der Waals surface area contributed by atoms with Crippen LogP contribution in [0, 0.1) is 5.92 Å². The highest BCUT2D eigenvalue weighted by atomic mass is 35.5. The van der Waals surface area contributed by atoms with E-state index in [-0.39, 0.29) is 5.50 Å². The van der Waals surface area contributed by atoms with Crippen LogP contribution in [0.1, 0.15) is 19.8 Å². The summed E-state index contributed by atoms with van der Waals surface area (Å²) in [4.78, 5) is 2.37. The van der Waals surface area contributed by atoms with Gasteiger partial charge in [0.2, 0.25) is 0 Å². The van der Waals surface area contributed by atoms with Crippen molar-refractivity contribution < 1.29 is 0 Å². The third kappa shape index (κ3) is 1.70. The molecule has 2 aliphatic rings. The third-order valence-electron chi connectivity index (χ3n) is 2.72. The number of nitrogens with zero attached hydrogens (tertiary/aromatic N) is 3. The standard InChI is InChI=1S/C9H14ClN3/c1-7-8(6-11-12-9(7)10)13-4-2-3-5-13/h6-7,9H,2-5H2,1H3. The molecule has 3 nitrogen and oxygen atoms in total. The number of halogens is 1. The molecule has 2 unspecified atom stereocenters. The van der Waals surface area contributed by atoms with Gasteiger partial charge in [-0.3, -0.25) is 0 Å². The van der Waals surface area contributed by atoms with E-state index in [2.05, 4.69) is 22.1 Å². The van der Waals surface area contributed by atoms with Crippen molar-refractivity contribution in [2.24, 2.45) is 16.1 Å². The van der Waals surface area contributed by atoms with E-state index < -0.39 is 0 Å². The lowest BCUT2D eigenvalue weighted by Gasteiger charge is -2.28. The van der Waals surface area contributed by atoms with Gasteiger partial charge in [-0.1, -0.05) is 18.5 Å². The van der Waals surface area contributed by atoms with Gasteiger partial charge in [-0.25, -0.2) is 0 Å². The summed E-state index contributed by atoms with van der Waals surface area (Å²) in [7, 11) is 0. The second-order valence-corrected chi connectivity index (χ2v) is 4.09. The molecule has 2 rings (SSSR count). The lowest BCUT2D eigenvalue weighted by Crippen LogP contribution is -2.28. The molecular formula is C9H14ClN3. The van der Waals surface area contributed by atoms with Gasteiger partial charge >= 0.3 is 0 Å². The van der Waals surface area contributed by atoms with E-state index in [0.29, 0.717) is 5.92 Å². The van der Waals surface area contributed by atoms with Crippen LogP contribution >= 0.6 is 11.6 Å². The van der Waals surface area contributed by atoms with E-state index in [1.54, 1.807) is 0 Å². The molecule has 4 heteroatoms. The smallest absolute Gasteiger partial charge is 0.152 e. The van der Waals surface area contributed by atoms with Crippen molar-refractivity contribution in [3.8, 4) is 0 Å². The fraction of sp³-hybridized carbons (Fsp3) is 0.778. The van der Waals surface area contributed by atoms with Gasteiger partial charge < -0.3 is 4.90 Å². The van der Waals surface area contributed by atoms with Crippen molar-refractivity contribution >= 4 is 11.6 Å². The predicted octanol–water partition coefficient (Wildman–Crippen LogP) is 2.59. The van der Waals surface area contributed by atoms with Crippen LogP contribution in [0.15, 0.2) is 22.1 Å². The number of alkyl halides is 1. The van der Waals surface area contributed by atoms with E-state index >= 15 is 0 Å². The molecule has 0 N–H and O–H groups in total. The lowest BCUT2D eigenvalue weighted by atomic mass is 10.1. The van der Waals surface area contributed by atoms with Crippen LogP contribution < -0.4 is 0 Å². The molecule has 0 aromatic heterocycles. The first-order chi connectivity index (χ1) is 6.29. The molecule has 0 bridgehead atoms. The monoisotopic (exact) mass is 199 g/mol. The Labute approximate surface area is 83.5 Å². The Bertz CT molecular complexity index is 243. The minimum Gasteiger partial charge on any atom is -0.373 e. The lowest BCUT2D eigenvalue weighted by molar-refractivity contribution is 0.355. The molecule has 0 spiro atoms. The fourth-order valence-corrected chi connectivity index (χ4v) is 2.04. The van der Waals surface area contributed by atoms with Crippen LogP contribution in [0.4, 0.5) is 0 Å². The van der Waals surface area contributed by atoms with E-state index in [1.807, 2.05) is 6.20 Å². The van der Waals surface area contributed by atoms with Gasteiger partial charge in [0.05, 0.1) is 6.20 Å². The summed E-state index contributed by atoms with van der Waals surface area (Å²) in [5.74, 6) is 0.303. The molecule has 13 heavy (non-hydrogen) atoms. The predicted molar refractivity (Wildman–Crippen MR) is 52.6 cm³/mol. The number of azo groups is 1. The fourth-order valence-electron chi connectivity index (χ4n) is 1.86. The molecule has 0 aromatic rings. The van der Waals surface area contributed by atoms with Crippen molar-refractivity contribution in [3.63, 3.8) is 0 Å². The van der Waals surface area contributed by atoms with Crippen LogP contribution in [0.5, 0.6) is 0 Å². The van der Waals surface area contributed by atoms with Gasteiger partial charge in [-0.2, -0.15) is 10.2 Å². The maximum Gasteiger partial charge on any atom is 0.152 e. The molecule has 0 saturated carbocycles. The zero-order valence-corrected chi connectivity index (χ0v) is 8.54. The van der Waals surface area contributed by atoms with Gasteiger partial charge in [-0.15, -0.1) is 0 Å². The Balaban J connectivity index is 2.12.